The summed E-state index contributed by atoms with van der Waals surface area (Å²) in [4.78, 5) is 29.9. The Morgan fingerprint density at radius 2 is 1.68 bits per heavy atom. The number of halogens is 2. The zero-order valence-electron chi connectivity index (χ0n) is 17.3. The molecule has 0 amide bonds. The smallest absolute Gasteiger partial charge is 0.276 e. The fourth-order valence-electron chi connectivity index (χ4n) is 3.68. The van der Waals surface area contributed by atoms with Crippen molar-refractivity contribution in [3.8, 4) is 11.3 Å². The topological polar surface area (TPSA) is 74.7 Å². The van der Waals surface area contributed by atoms with Gasteiger partial charge >= 0.3 is 5.69 Å². The van der Waals surface area contributed by atoms with Crippen LogP contribution in [0.5, 0.6) is 0 Å². The molecular weight excluding hydrogens is 404 g/mol. The van der Waals surface area contributed by atoms with Gasteiger partial charge in [-0.2, -0.15) is 5.10 Å². The zero-order chi connectivity index (χ0) is 22.3. The summed E-state index contributed by atoms with van der Waals surface area (Å²) in [7, 11) is 1.43. The molecule has 160 valence electrons. The predicted molar refractivity (Wildman–Crippen MR) is 113 cm³/mol. The molecule has 4 rings (SSSR count). The Bertz CT molecular complexity index is 1370. The summed E-state index contributed by atoms with van der Waals surface area (Å²) in [5, 5.41) is 4.83. The molecule has 0 radical (unpaired) electrons. The van der Waals surface area contributed by atoms with Gasteiger partial charge < -0.3 is 0 Å². The highest BCUT2D eigenvalue weighted by atomic mass is 19.1. The van der Waals surface area contributed by atoms with Crippen LogP contribution in [0.2, 0.25) is 0 Å². The molecule has 3 aromatic heterocycles. The second-order valence-electron chi connectivity index (χ2n) is 7.87. The number of aromatic nitrogens is 5. The first-order chi connectivity index (χ1) is 14.8. The van der Waals surface area contributed by atoms with E-state index in [4.69, 9.17) is 0 Å². The highest BCUT2D eigenvalue weighted by Gasteiger charge is 2.23. The zero-order valence-corrected chi connectivity index (χ0v) is 17.3. The van der Waals surface area contributed by atoms with E-state index in [-0.39, 0.29) is 23.5 Å². The van der Waals surface area contributed by atoms with E-state index in [9.17, 15) is 18.4 Å². The van der Waals surface area contributed by atoms with Crippen LogP contribution in [0.3, 0.4) is 0 Å². The first-order valence-corrected chi connectivity index (χ1v) is 9.82. The number of hydrogen-bond donors (Lipinski definition) is 0. The molecule has 0 unspecified atom stereocenters. The quantitative estimate of drug-likeness (QED) is 0.493. The number of pyridine rings is 1. The highest BCUT2D eigenvalue weighted by molar-refractivity contribution is 5.90. The molecule has 0 saturated carbocycles. The fraction of sp³-hybridized carbons (Fsp3) is 0.273. The molecule has 0 aliphatic rings. The van der Waals surface area contributed by atoms with E-state index in [2.05, 4.69) is 10.1 Å². The minimum atomic E-state index is -0.704. The van der Waals surface area contributed by atoms with E-state index in [1.807, 2.05) is 13.8 Å². The van der Waals surface area contributed by atoms with E-state index in [1.54, 1.807) is 24.5 Å². The van der Waals surface area contributed by atoms with Gasteiger partial charge in [-0.05, 0) is 35.7 Å². The van der Waals surface area contributed by atoms with Crippen molar-refractivity contribution in [3.63, 3.8) is 0 Å². The van der Waals surface area contributed by atoms with Gasteiger partial charge in [0.15, 0.2) is 5.65 Å². The average Bonchev–Trinajstić information content (AvgIpc) is 3.08. The van der Waals surface area contributed by atoms with Gasteiger partial charge in [-0.1, -0.05) is 13.8 Å². The lowest BCUT2D eigenvalue weighted by atomic mass is 10.1. The van der Waals surface area contributed by atoms with Crippen LogP contribution < -0.4 is 11.2 Å². The van der Waals surface area contributed by atoms with Crippen molar-refractivity contribution in [2.45, 2.75) is 26.9 Å². The maximum absolute atomic E-state index is 13.8. The summed E-state index contributed by atoms with van der Waals surface area (Å²) in [5.41, 5.74) is 0.750. The lowest BCUT2D eigenvalue weighted by Gasteiger charge is -2.11. The minimum absolute atomic E-state index is 0.0139. The number of fused-ring (bicyclic) bond motifs is 1. The minimum Gasteiger partial charge on any atom is -0.276 e. The number of nitrogens with zero attached hydrogens (tertiary/aromatic N) is 5. The van der Waals surface area contributed by atoms with E-state index < -0.39 is 22.9 Å². The summed E-state index contributed by atoms with van der Waals surface area (Å²) in [6.45, 7) is 4.30. The molecule has 0 saturated heterocycles. The molecule has 0 atom stereocenters. The molecule has 31 heavy (non-hydrogen) atoms. The van der Waals surface area contributed by atoms with Crippen molar-refractivity contribution in [3.05, 3.63) is 80.8 Å². The SMILES string of the molecule is CC(C)Cn1c(=O)n(C)c(=O)c2c(-c3ccncc3)n(Cc3cc(F)cc(F)c3)nc21. The Labute approximate surface area is 176 Å². The Morgan fingerprint density at radius 3 is 2.29 bits per heavy atom. The van der Waals surface area contributed by atoms with E-state index in [0.717, 1.165) is 10.6 Å². The summed E-state index contributed by atoms with van der Waals surface area (Å²) in [5.74, 6) is -1.28. The van der Waals surface area contributed by atoms with Gasteiger partial charge in [0.25, 0.3) is 5.56 Å². The largest absolute Gasteiger partial charge is 0.332 e. The molecule has 0 aliphatic carbocycles. The van der Waals surface area contributed by atoms with Gasteiger partial charge in [-0.3, -0.25) is 23.6 Å². The Kier molecular flexibility index (Phi) is 5.26. The number of rotatable bonds is 5. The van der Waals surface area contributed by atoms with Crippen molar-refractivity contribution in [1.29, 1.82) is 0 Å². The van der Waals surface area contributed by atoms with Crippen molar-refractivity contribution in [2.24, 2.45) is 13.0 Å². The van der Waals surface area contributed by atoms with Crippen molar-refractivity contribution < 1.29 is 8.78 Å². The lowest BCUT2D eigenvalue weighted by molar-refractivity contribution is 0.497. The van der Waals surface area contributed by atoms with Crippen molar-refractivity contribution in [2.75, 3.05) is 0 Å². The molecule has 3 heterocycles. The van der Waals surface area contributed by atoms with Gasteiger partial charge in [0.1, 0.15) is 17.0 Å². The molecule has 0 bridgehead atoms. The Morgan fingerprint density at radius 1 is 1.03 bits per heavy atom. The van der Waals surface area contributed by atoms with Gasteiger partial charge in [0, 0.05) is 37.6 Å². The molecule has 4 aromatic rings. The second-order valence-corrected chi connectivity index (χ2v) is 7.87. The standard InChI is InChI=1S/C22H21F2N5O2/c1-13(2)11-28-20-18(21(30)27(3)22(28)31)19(15-4-6-25-7-5-15)29(26-20)12-14-8-16(23)10-17(24)9-14/h4-10,13H,11-12H2,1-3H3. The first kappa shape index (κ1) is 20.6. The van der Waals surface area contributed by atoms with Crippen LogP contribution in [-0.2, 0) is 20.1 Å². The van der Waals surface area contributed by atoms with Crippen LogP contribution in [0.1, 0.15) is 19.4 Å². The van der Waals surface area contributed by atoms with E-state index in [0.29, 0.717) is 23.4 Å². The van der Waals surface area contributed by atoms with Crippen LogP contribution >= 0.6 is 0 Å². The summed E-state index contributed by atoms with van der Waals surface area (Å²) in [6.07, 6.45) is 3.16. The van der Waals surface area contributed by atoms with Crippen LogP contribution in [-0.4, -0.2) is 23.9 Å². The molecular formula is C22H21F2N5O2. The van der Waals surface area contributed by atoms with E-state index in [1.165, 1.54) is 28.4 Å². The Balaban J connectivity index is 2.06. The third-order valence-corrected chi connectivity index (χ3v) is 4.98. The molecule has 7 nitrogen and oxygen atoms in total. The number of hydrogen-bond acceptors (Lipinski definition) is 4. The normalized spacial score (nSPS) is 11.5. The van der Waals surface area contributed by atoms with E-state index >= 15 is 0 Å². The highest BCUT2D eigenvalue weighted by Crippen LogP contribution is 2.27. The third-order valence-electron chi connectivity index (χ3n) is 4.98. The van der Waals surface area contributed by atoms with Gasteiger partial charge in [0.05, 0.1) is 12.2 Å². The molecule has 0 N–H and O–H groups in total. The molecule has 0 spiro atoms. The first-order valence-electron chi connectivity index (χ1n) is 9.82. The Hall–Kier alpha value is -3.62. The molecule has 0 fully saturated rings. The summed E-state index contributed by atoms with van der Waals surface area (Å²) in [6, 6.07) is 6.66. The lowest BCUT2D eigenvalue weighted by Crippen LogP contribution is -2.38. The monoisotopic (exact) mass is 425 g/mol. The molecule has 1 aromatic carbocycles. The average molecular weight is 425 g/mol. The summed E-state index contributed by atoms with van der Waals surface area (Å²) >= 11 is 0. The van der Waals surface area contributed by atoms with Crippen LogP contribution in [0, 0.1) is 17.6 Å². The van der Waals surface area contributed by atoms with Gasteiger partial charge in [0.2, 0.25) is 0 Å². The maximum Gasteiger partial charge on any atom is 0.332 e. The fourth-order valence-corrected chi connectivity index (χ4v) is 3.68. The predicted octanol–water partition coefficient (Wildman–Crippen LogP) is 2.94. The third kappa shape index (κ3) is 3.78. The van der Waals surface area contributed by atoms with Crippen LogP contribution in [0.25, 0.3) is 22.3 Å². The molecule has 0 aliphatic heterocycles. The van der Waals surface area contributed by atoms with Gasteiger partial charge in [-0.15, -0.1) is 0 Å². The summed E-state index contributed by atoms with van der Waals surface area (Å²) < 4.78 is 31.6. The van der Waals surface area contributed by atoms with Gasteiger partial charge in [-0.25, -0.2) is 13.6 Å². The number of benzene rings is 1. The van der Waals surface area contributed by atoms with Crippen molar-refractivity contribution >= 4 is 11.0 Å². The second kappa shape index (κ2) is 7.90. The van der Waals surface area contributed by atoms with Crippen LogP contribution in [0.4, 0.5) is 8.78 Å². The maximum atomic E-state index is 13.8. The van der Waals surface area contributed by atoms with Crippen molar-refractivity contribution in [1.82, 2.24) is 23.9 Å². The molecule has 9 heteroatoms. The van der Waals surface area contributed by atoms with Crippen LogP contribution in [0.15, 0.2) is 52.3 Å².